The minimum Gasteiger partial charge on any atom is -0.452 e. The monoisotopic (exact) mass is 307 g/mol. The van der Waals surface area contributed by atoms with Gasteiger partial charge in [0.1, 0.15) is 5.82 Å². The Labute approximate surface area is 125 Å². The molecule has 0 spiro atoms. The van der Waals surface area contributed by atoms with E-state index >= 15 is 0 Å². The first-order chi connectivity index (χ1) is 10.1. The van der Waals surface area contributed by atoms with Crippen molar-refractivity contribution in [3.63, 3.8) is 0 Å². The quantitative estimate of drug-likeness (QED) is 0.882. The highest BCUT2D eigenvalue weighted by Crippen LogP contribution is 2.16. The highest BCUT2D eigenvalue weighted by molar-refractivity contribution is 6.33. The Hall–Kier alpha value is -2.40. The maximum Gasteiger partial charge on any atom is 0.340 e. The van der Waals surface area contributed by atoms with Crippen LogP contribution in [-0.2, 0) is 9.53 Å². The van der Waals surface area contributed by atoms with Crippen LogP contribution in [0.3, 0.4) is 0 Å². The van der Waals surface area contributed by atoms with Crippen LogP contribution in [0.4, 0.5) is 10.1 Å². The number of nitrogens with one attached hydrogen (secondary N) is 1. The first kappa shape index (κ1) is 15.0. The summed E-state index contributed by atoms with van der Waals surface area (Å²) in [6.07, 6.45) is 0. The van der Waals surface area contributed by atoms with Gasteiger partial charge in [0.15, 0.2) is 6.61 Å². The first-order valence-electron chi connectivity index (χ1n) is 6.03. The lowest BCUT2D eigenvalue weighted by molar-refractivity contribution is -0.119. The summed E-state index contributed by atoms with van der Waals surface area (Å²) in [4.78, 5) is 23.3. The zero-order chi connectivity index (χ0) is 15.2. The van der Waals surface area contributed by atoms with E-state index in [1.165, 1.54) is 24.3 Å². The molecular weight excluding hydrogens is 297 g/mol. The molecule has 0 aliphatic heterocycles. The van der Waals surface area contributed by atoms with Crippen molar-refractivity contribution in [2.75, 3.05) is 11.9 Å². The van der Waals surface area contributed by atoms with Gasteiger partial charge in [-0.05, 0) is 30.3 Å². The van der Waals surface area contributed by atoms with E-state index in [0.717, 1.165) is 6.07 Å². The molecule has 0 aliphatic rings. The zero-order valence-corrected chi connectivity index (χ0v) is 11.6. The largest absolute Gasteiger partial charge is 0.452 e. The van der Waals surface area contributed by atoms with Crippen LogP contribution in [0.25, 0.3) is 0 Å². The molecule has 0 bridgehead atoms. The fraction of sp³-hybridized carbons (Fsp3) is 0.0667. The topological polar surface area (TPSA) is 55.4 Å². The van der Waals surface area contributed by atoms with E-state index in [0.29, 0.717) is 0 Å². The molecule has 0 heterocycles. The highest BCUT2D eigenvalue weighted by atomic mass is 35.5. The Balaban J connectivity index is 1.90. The Kier molecular flexibility index (Phi) is 4.90. The van der Waals surface area contributed by atoms with Crippen LogP contribution in [0.2, 0.25) is 5.02 Å². The molecule has 1 N–H and O–H groups in total. The number of hydrogen-bond acceptors (Lipinski definition) is 3. The molecule has 0 aromatic heterocycles. The summed E-state index contributed by atoms with van der Waals surface area (Å²) in [5, 5.41) is 2.66. The van der Waals surface area contributed by atoms with Gasteiger partial charge < -0.3 is 10.1 Å². The molecule has 0 saturated carbocycles. The lowest BCUT2D eigenvalue weighted by Crippen LogP contribution is -2.21. The number of ether oxygens (including phenoxy) is 1. The number of amides is 1. The van der Waals surface area contributed by atoms with Crippen molar-refractivity contribution in [1.82, 2.24) is 0 Å². The molecule has 108 valence electrons. The molecule has 1 amide bonds. The van der Waals surface area contributed by atoms with Gasteiger partial charge in [0.05, 0.1) is 10.6 Å². The molecule has 21 heavy (non-hydrogen) atoms. The predicted octanol–water partition coefficient (Wildman–Crippen LogP) is 3.27. The number of carbonyl (C=O) groups is 2. The third kappa shape index (κ3) is 4.29. The van der Waals surface area contributed by atoms with Crippen molar-refractivity contribution >= 4 is 29.2 Å². The predicted molar refractivity (Wildman–Crippen MR) is 76.8 cm³/mol. The van der Waals surface area contributed by atoms with Gasteiger partial charge in [-0.1, -0.05) is 29.8 Å². The smallest absolute Gasteiger partial charge is 0.340 e. The van der Waals surface area contributed by atoms with Gasteiger partial charge in [-0.15, -0.1) is 0 Å². The average molecular weight is 308 g/mol. The zero-order valence-electron chi connectivity index (χ0n) is 10.8. The molecule has 0 saturated heterocycles. The van der Waals surface area contributed by atoms with Gasteiger partial charge in [0.2, 0.25) is 0 Å². The number of halogens is 2. The van der Waals surface area contributed by atoms with E-state index < -0.39 is 24.3 Å². The maximum atomic E-state index is 12.9. The SMILES string of the molecule is O=C(COC(=O)c1ccccc1Cl)Nc1cccc(F)c1. The Morgan fingerprint density at radius 3 is 2.62 bits per heavy atom. The van der Waals surface area contributed by atoms with Crippen molar-refractivity contribution in [3.05, 3.63) is 64.9 Å². The van der Waals surface area contributed by atoms with Gasteiger partial charge in [-0.2, -0.15) is 0 Å². The van der Waals surface area contributed by atoms with Crippen LogP contribution >= 0.6 is 11.6 Å². The second-order valence-corrected chi connectivity index (χ2v) is 4.52. The number of carbonyl (C=O) groups excluding carboxylic acids is 2. The second-order valence-electron chi connectivity index (χ2n) is 4.11. The Morgan fingerprint density at radius 1 is 1.14 bits per heavy atom. The fourth-order valence-electron chi connectivity index (χ4n) is 1.60. The van der Waals surface area contributed by atoms with Crippen molar-refractivity contribution in [2.24, 2.45) is 0 Å². The summed E-state index contributed by atoms with van der Waals surface area (Å²) in [5.41, 5.74) is 0.464. The van der Waals surface area contributed by atoms with Gasteiger partial charge in [-0.25, -0.2) is 9.18 Å². The van der Waals surface area contributed by atoms with Gasteiger partial charge in [-0.3, -0.25) is 4.79 Å². The molecule has 0 atom stereocenters. The average Bonchev–Trinajstić information content (AvgIpc) is 2.45. The van der Waals surface area contributed by atoms with Crippen LogP contribution in [-0.4, -0.2) is 18.5 Å². The summed E-state index contributed by atoms with van der Waals surface area (Å²) in [6.45, 7) is -0.486. The molecule has 4 nitrogen and oxygen atoms in total. The van der Waals surface area contributed by atoms with Crippen LogP contribution in [0.1, 0.15) is 10.4 Å². The third-order valence-electron chi connectivity index (χ3n) is 2.54. The number of benzene rings is 2. The summed E-state index contributed by atoms with van der Waals surface area (Å²) >= 11 is 5.84. The summed E-state index contributed by atoms with van der Waals surface area (Å²) in [7, 11) is 0. The van der Waals surface area contributed by atoms with E-state index in [1.54, 1.807) is 18.2 Å². The Bertz CT molecular complexity index is 675. The maximum absolute atomic E-state index is 12.9. The summed E-state index contributed by atoms with van der Waals surface area (Å²) < 4.78 is 17.8. The summed E-state index contributed by atoms with van der Waals surface area (Å²) in [5.74, 6) is -1.74. The van der Waals surface area contributed by atoms with Crippen molar-refractivity contribution in [2.45, 2.75) is 0 Å². The van der Waals surface area contributed by atoms with Crippen molar-refractivity contribution < 1.29 is 18.7 Å². The van der Waals surface area contributed by atoms with E-state index in [2.05, 4.69) is 5.32 Å². The highest BCUT2D eigenvalue weighted by Gasteiger charge is 2.13. The standard InChI is InChI=1S/C15H11ClFNO3/c16-13-7-2-1-6-12(13)15(20)21-9-14(19)18-11-5-3-4-10(17)8-11/h1-8H,9H2,(H,18,19). The van der Waals surface area contributed by atoms with Crippen LogP contribution in [0.5, 0.6) is 0 Å². The summed E-state index contributed by atoms with van der Waals surface area (Å²) in [6, 6.07) is 11.8. The molecule has 2 aromatic rings. The van der Waals surface area contributed by atoms with Crippen LogP contribution < -0.4 is 5.32 Å². The molecule has 6 heteroatoms. The van der Waals surface area contributed by atoms with E-state index in [-0.39, 0.29) is 16.3 Å². The first-order valence-corrected chi connectivity index (χ1v) is 6.41. The molecular formula is C15H11ClFNO3. The lowest BCUT2D eigenvalue weighted by Gasteiger charge is -2.07. The van der Waals surface area contributed by atoms with E-state index in [4.69, 9.17) is 16.3 Å². The third-order valence-corrected chi connectivity index (χ3v) is 2.87. The van der Waals surface area contributed by atoms with Gasteiger partial charge in [0.25, 0.3) is 5.91 Å². The molecule has 0 radical (unpaired) electrons. The molecule has 2 rings (SSSR count). The second kappa shape index (κ2) is 6.85. The van der Waals surface area contributed by atoms with E-state index in [1.807, 2.05) is 0 Å². The van der Waals surface area contributed by atoms with Crippen LogP contribution in [0.15, 0.2) is 48.5 Å². The molecule has 0 aliphatic carbocycles. The van der Waals surface area contributed by atoms with Crippen molar-refractivity contribution in [3.8, 4) is 0 Å². The molecule has 0 fully saturated rings. The van der Waals surface area contributed by atoms with Gasteiger partial charge in [0, 0.05) is 5.69 Å². The molecule has 0 unspecified atom stereocenters. The van der Waals surface area contributed by atoms with E-state index in [9.17, 15) is 14.0 Å². The minimum atomic E-state index is -0.699. The van der Waals surface area contributed by atoms with Crippen LogP contribution in [0, 0.1) is 5.82 Å². The number of hydrogen-bond donors (Lipinski definition) is 1. The number of rotatable bonds is 4. The molecule has 2 aromatic carbocycles. The number of esters is 1. The minimum absolute atomic E-state index is 0.178. The normalized spacial score (nSPS) is 10.0. The lowest BCUT2D eigenvalue weighted by atomic mass is 10.2. The van der Waals surface area contributed by atoms with Gasteiger partial charge >= 0.3 is 5.97 Å². The fourth-order valence-corrected chi connectivity index (χ4v) is 1.81. The number of anilines is 1. The Morgan fingerprint density at radius 2 is 1.90 bits per heavy atom. The van der Waals surface area contributed by atoms with Crippen molar-refractivity contribution in [1.29, 1.82) is 0 Å².